The minimum atomic E-state index is -0.133. The number of para-hydroxylation sites is 2. The van der Waals surface area contributed by atoms with E-state index in [9.17, 15) is 4.79 Å². The zero-order chi connectivity index (χ0) is 15.8. The van der Waals surface area contributed by atoms with Crippen LogP contribution in [0.25, 0.3) is 17.0 Å². The number of aryl methyl sites for hydroxylation is 1. The van der Waals surface area contributed by atoms with E-state index >= 15 is 0 Å². The van der Waals surface area contributed by atoms with Gasteiger partial charge in [-0.3, -0.25) is 4.57 Å². The van der Waals surface area contributed by atoms with E-state index in [0.717, 1.165) is 37.0 Å². The molecule has 7 heteroatoms. The second-order valence-corrected chi connectivity index (χ2v) is 5.81. The van der Waals surface area contributed by atoms with Gasteiger partial charge in [-0.1, -0.05) is 12.1 Å². The molecule has 0 saturated carbocycles. The molecule has 1 N–H and O–H groups in total. The maximum atomic E-state index is 12.7. The van der Waals surface area contributed by atoms with E-state index in [-0.39, 0.29) is 11.6 Å². The third-order valence-electron chi connectivity index (χ3n) is 4.47. The van der Waals surface area contributed by atoms with Crippen LogP contribution in [0.2, 0.25) is 0 Å². The van der Waals surface area contributed by atoms with Crippen LogP contribution in [0.4, 0.5) is 0 Å². The maximum absolute atomic E-state index is 12.7. The Kier molecular flexibility index (Phi) is 3.49. The number of hydrogen-bond acceptors (Lipinski definition) is 5. The van der Waals surface area contributed by atoms with E-state index in [1.807, 2.05) is 31.2 Å². The number of rotatable bonds is 3. The number of imidazole rings is 1. The first-order valence-electron chi connectivity index (χ1n) is 8.04. The van der Waals surface area contributed by atoms with Crippen molar-refractivity contribution < 1.29 is 4.52 Å². The lowest BCUT2D eigenvalue weighted by Gasteiger charge is -2.18. The van der Waals surface area contributed by atoms with Gasteiger partial charge in [-0.2, -0.15) is 4.98 Å². The van der Waals surface area contributed by atoms with Crippen molar-refractivity contribution in [3.05, 3.63) is 40.6 Å². The largest absolute Gasteiger partial charge is 0.337 e. The average molecular weight is 313 g/mol. The van der Waals surface area contributed by atoms with Crippen LogP contribution in [0.15, 0.2) is 33.6 Å². The van der Waals surface area contributed by atoms with Crippen LogP contribution in [0, 0.1) is 0 Å². The molecular weight excluding hydrogens is 294 g/mol. The Bertz CT molecular complexity index is 885. The van der Waals surface area contributed by atoms with Gasteiger partial charge in [0.15, 0.2) is 0 Å². The highest BCUT2D eigenvalue weighted by molar-refractivity contribution is 5.77. The Morgan fingerprint density at radius 3 is 2.74 bits per heavy atom. The summed E-state index contributed by atoms with van der Waals surface area (Å²) in [5, 5.41) is 7.38. The average Bonchev–Trinajstić information content (AvgIpc) is 3.17. The third-order valence-corrected chi connectivity index (χ3v) is 4.47. The minimum absolute atomic E-state index is 0.133. The fourth-order valence-corrected chi connectivity index (χ4v) is 3.26. The highest BCUT2D eigenvalue weighted by Crippen LogP contribution is 2.24. The standard InChI is InChI=1S/C16H19N5O2/c1-2-20-12-5-3-4-6-13(12)21(16(20)22)15-18-14(23-19-15)11-7-9-17-10-8-11/h3-6,11,17H,2,7-10H2,1H3. The van der Waals surface area contributed by atoms with E-state index in [1.165, 1.54) is 4.57 Å². The molecule has 0 spiro atoms. The lowest BCUT2D eigenvalue weighted by atomic mass is 9.98. The van der Waals surface area contributed by atoms with Crippen LogP contribution in [0.3, 0.4) is 0 Å². The quantitative estimate of drug-likeness (QED) is 0.795. The van der Waals surface area contributed by atoms with Crippen molar-refractivity contribution in [1.82, 2.24) is 24.6 Å². The Morgan fingerprint density at radius 1 is 1.26 bits per heavy atom. The molecule has 2 aromatic heterocycles. The first-order valence-corrected chi connectivity index (χ1v) is 8.04. The number of hydrogen-bond donors (Lipinski definition) is 1. The van der Waals surface area contributed by atoms with Gasteiger partial charge in [0.05, 0.1) is 11.0 Å². The molecule has 0 radical (unpaired) electrons. The van der Waals surface area contributed by atoms with Crippen LogP contribution in [-0.2, 0) is 6.54 Å². The molecule has 3 aromatic rings. The van der Waals surface area contributed by atoms with Crippen molar-refractivity contribution in [2.24, 2.45) is 0 Å². The normalized spacial score (nSPS) is 16.2. The summed E-state index contributed by atoms with van der Waals surface area (Å²) in [6, 6.07) is 7.68. The molecule has 23 heavy (non-hydrogen) atoms. The van der Waals surface area contributed by atoms with Crippen molar-refractivity contribution >= 4 is 11.0 Å². The van der Waals surface area contributed by atoms with E-state index in [1.54, 1.807) is 4.57 Å². The molecule has 3 heterocycles. The zero-order valence-electron chi connectivity index (χ0n) is 13.0. The Labute approximate surface area is 132 Å². The molecule has 1 aromatic carbocycles. The Morgan fingerprint density at radius 2 is 2.00 bits per heavy atom. The van der Waals surface area contributed by atoms with Crippen LogP contribution >= 0.6 is 0 Å². The number of fused-ring (bicyclic) bond motifs is 1. The molecule has 7 nitrogen and oxygen atoms in total. The summed E-state index contributed by atoms with van der Waals surface area (Å²) in [6.07, 6.45) is 1.96. The minimum Gasteiger partial charge on any atom is -0.337 e. The first-order chi connectivity index (χ1) is 11.3. The molecule has 0 atom stereocenters. The highest BCUT2D eigenvalue weighted by atomic mass is 16.5. The van der Waals surface area contributed by atoms with Crippen LogP contribution in [0.1, 0.15) is 31.6 Å². The van der Waals surface area contributed by atoms with Gasteiger partial charge in [-0.05, 0) is 50.1 Å². The molecule has 1 fully saturated rings. The summed E-state index contributed by atoms with van der Waals surface area (Å²) < 4.78 is 8.70. The molecule has 0 bridgehead atoms. The van der Waals surface area contributed by atoms with Gasteiger partial charge in [-0.25, -0.2) is 9.36 Å². The second kappa shape index (κ2) is 5.66. The van der Waals surface area contributed by atoms with E-state index in [2.05, 4.69) is 15.5 Å². The van der Waals surface area contributed by atoms with Gasteiger partial charge in [0.25, 0.3) is 5.95 Å². The third kappa shape index (κ3) is 2.28. The topological polar surface area (TPSA) is 77.9 Å². The van der Waals surface area contributed by atoms with Gasteiger partial charge in [0.1, 0.15) is 0 Å². The summed E-state index contributed by atoms with van der Waals surface area (Å²) in [7, 11) is 0. The highest BCUT2D eigenvalue weighted by Gasteiger charge is 2.23. The number of nitrogens with zero attached hydrogens (tertiary/aromatic N) is 4. The fourth-order valence-electron chi connectivity index (χ4n) is 3.26. The Balaban J connectivity index is 1.82. The predicted octanol–water partition coefficient (Wildman–Crippen LogP) is 1.66. The van der Waals surface area contributed by atoms with Gasteiger partial charge in [-0.15, -0.1) is 0 Å². The van der Waals surface area contributed by atoms with E-state index in [4.69, 9.17) is 4.52 Å². The molecular formula is C16H19N5O2. The van der Waals surface area contributed by atoms with Gasteiger partial charge < -0.3 is 9.84 Å². The van der Waals surface area contributed by atoms with Crippen molar-refractivity contribution in [2.75, 3.05) is 13.1 Å². The molecule has 1 aliphatic heterocycles. The lowest BCUT2D eigenvalue weighted by Crippen LogP contribution is -2.27. The summed E-state index contributed by atoms with van der Waals surface area (Å²) in [6.45, 7) is 4.47. The molecule has 1 saturated heterocycles. The molecule has 4 rings (SSSR count). The summed E-state index contributed by atoms with van der Waals surface area (Å²) in [5.74, 6) is 1.22. The summed E-state index contributed by atoms with van der Waals surface area (Å²) in [5.41, 5.74) is 1.55. The number of benzene rings is 1. The van der Waals surface area contributed by atoms with Crippen LogP contribution in [-0.4, -0.2) is 32.4 Å². The van der Waals surface area contributed by atoms with Crippen LogP contribution < -0.4 is 11.0 Å². The molecule has 1 aliphatic rings. The van der Waals surface area contributed by atoms with Crippen molar-refractivity contribution in [3.8, 4) is 5.95 Å². The van der Waals surface area contributed by atoms with Crippen molar-refractivity contribution in [3.63, 3.8) is 0 Å². The fraction of sp³-hybridized carbons (Fsp3) is 0.438. The maximum Gasteiger partial charge on any atom is 0.336 e. The number of piperidine rings is 1. The SMILES string of the molecule is CCn1c(=O)n(-c2noc(C3CCNCC3)n2)c2ccccc21. The summed E-state index contributed by atoms with van der Waals surface area (Å²) >= 11 is 0. The van der Waals surface area contributed by atoms with Crippen molar-refractivity contribution in [2.45, 2.75) is 32.2 Å². The molecule has 120 valence electrons. The molecule has 0 aliphatic carbocycles. The summed E-state index contributed by atoms with van der Waals surface area (Å²) in [4.78, 5) is 17.2. The number of aromatic nitrogens is 4. The Hall–Kier alpha value is -2.41. The van der Waals surface area contributed by atoms with E-state index in [0.29, 0.717) is 18.4 Å². The van der Waals surface area contributed by atoms with Gasteiger partial charge in [0.2, 0.25) is 5.89 Å². The molecule has 0 unspecified atom stereocenters. The molecule has 0 amide bonds. The van der Waals surface area contributed by atoms with Crippen LogP contribution in [0.5, 0.6) is 0 Å². The van der Waals surface area contributed by atoms with Crippen molar-refractivity contribution in [1.29, 1.82) is 0 Å². The zero-order valence-corrected chi connectivity index (χ0v) is 13.0. The smallest absolute Gasteiger partial charge is 0.336 e. The van der Waals surface area contributed by atoms with E-state index < -0.39 is 0 Å². The van der Waals surface area contributed by atoms with Gasteiger partial charge >= 0.3 is 5.69 Å². The van der Waals surface area contributed by atoms with Gasteiger partial charge in [0, 0.05) is 12.5 Å². The lowest BCUT2D eigenvalue weighted by molar-refractivity contribution is 0.319. The number of nitrogens with one attached hydrogen (secondary N) is 1. The second-order valence-electron chi connectivity index (χ2n) is 5.81. The monoisotopic (exact) mass is 313 g/mol. The predicted molar refractivity (Wildman–Crippen MR) is 85.9 cm³/mol. The first kappa shape index (κ1) is 14.2.